The van der Waals surface area contributed by atoms with Gasteiger partial charge in [0.2, 0.25) is 11.8 Å². The lowest BCUT2D eigenvalue weighted by Gasteiger charge is -2.29. The number of rotatable bonds is 9. The summed E-state index contributed by atoms with van der Waals surface area (Å²) in [5.41, 5.74) is 1.36. The molecule has 0 aromatic heterocycles. The molecule has 0 saturated carbocycles. The van der Waals surface area contributed by atoms with Crippen molar-refractivity contribution < 1.29 is 14.0 Å². The minimum Gasteiger partial charge on any atom is -0.354 e. The highest BCUT2D eigenvalue weighted by Crippen LogP contribution is 2.23. The maximum absolute atomic E-state index is 13.2. The first kappa shape index (κ1) is 23.2. The Morgan fingerprint density at radius 3 is 2.45 bits per heavy atom. The molecule has 0 saturated heterocycles. The van der Waals surface area contributed by atoms with Crippen LogP contribution in [0.3, 0.4) is 0 Å². The van der Waals surface area contributed by atoms with Crippen molar-refractivity contribution in [1.29, 1.82) is 0 Å². The summed E-state index contributed by atoms with van der Waals surface area (Å²) in [5, 5.41) is 3.78. The Labute approximate surface area is 181 Å². The van der Waals surface area contributed by atoms with Gasteiger partial charge in [0.15, 0.2) is 0 Å². The van der Waals surface area contributed by atoms with Gasteiger partial charge in [-0.25, -0.2) is 4.39 Å². The molecule has 0 unspecified atom stereocenters. The van der Waals surface area contributed by atoms with Gasteiger partial charge in [-0.05, 0) is 48.7 Å². The molecule has 0 aliphatic carbocycles. The Balaban J connectivity index is 2.21. The molecule has 1 N–H and O–H groups in total. The van der Waals surface area contributed by atoms with Gasteiger partial charge >= 0.3 is 0 Å². The lowest BCUT2D eigenvalue weighted by Crippen LogP contribution is -2.48. The zero-order chi connectivity index (χ0) is 21.4. The number of nitrogens with one attached hydrogen (secondary N) is 1. The van der Waals surface area contributed by atoms with Crippen LogP contribution in [0.5, 0.6) is 0 Å². The van der Waals surface area contributed by atoms with Gasteiger partial charge in [0, 0.05) is 23.1 Å². The van der Waals surface area contributed by atoms with Crippen LogP contribution in [0, 0.1) is 5.82 Å². The number of hydrogen-bond donors (Lipinski definition) is 1. The largest absolute Gasteiger partial charge is 0.354 e. The molecule has 1 atom stereocenters. The van der Waals surface area contributed by atoms with Gasteiger partial charge < -0.3 is 10.2 Å². The fourth-order valence-electron chi connectivity index (χ4n) is 2.83. The lowest BCUT2D eigenvalue weighted by atomic mass is 10.1. The summed E-state index contributed by atoms with van der Waals surface area (Å²) in [7, 11) is 0. The van der Waals surface area contributed by atoms with Crippen molar-refractivity contribution >= 4 is 35.0 Å². The summed E-state index contributed by atoms with van der Waals surface area (Å²) in [6.45, 7) is 4.45. The third kappa shape index (κ3) is 7.02. The van der Waals surface area contributed by atoms with Gasteiger partial charge in [-0.3, -0.25) is 9.59 Å². The number of amides is 2. The molecule has 0 fully saturated rings. The Morgan fingerprint density at radius 1 is 1.14 bits per heavy atom. The second-order valence-corrected chi connectivity index (χ2v) is 7.72. The molecule has 2 amide bonds. The molecule has 0 heterocycles. The number of carbonyl (C=O) groups excluding carboxylic acids is 2. The van der Waals surface area contributed by atoms with E-state index in [-0.39, 0.29) is 30.6 Å². The van der Waals surface area contributed by atoms with Gasteiger partial charge in [-0.1, -0.05) is 54.7 Å². The van der Waals surface area contributed by atoms with E-state index in [2.05, 4.69) is 5.32 Å². The average Bonchev–Trinajstić information content (AvgIpc) is 2.68. The molecule has 0 radical (unpaired) electrons. The van der Waals surface area contributed by atoms with Crippen LogP contribution in [0.4, 0.5) is 4.39 Å². The number of benzene rings is 2. The van der Waals surface area contributed by atoms with E-state index < -0.39 is 6.04 Å². The smallest absolute Gasteiger partial charge is 0.242 e. The van der Waals surface area contributed by atoms with Crippen LogP contribution < -0.4 is 5.32 Å². The van der Waals surface area contributed by atoms with Crippen molar-refractivity contribution in [2.24, 2.45) is 0 Å². The first-order valence-electron chi connectivity index (χ1n) is 9.57. The third-order valence-corrected chi connectivity index (χ3v) is 5.21. The van der Waals surface area contributed by atoms with E-state index in [1.807, 2.05) is 6.92 Å². The molecular weight excluding hydrogens is 414 g/mol. The summed E-state index contributed by atoms with van der Waals surface area (Å²) in [6, 6.07) is 10.1. The summed E-state index contributed by atoms with van der Waals surface area (Å²) in [6.07, 6.45) is 1.88. The van der Waals surface area contributed by atoms with Crippen molar-refractivity contribution in [3.63, 3.8) is 0 Å². The van der Waals surface area contributed by atoms with Crippen LogP contribution >= 0.6 is 23.2 Å². The number of unbranched alkanes of at least 4 members (excludes halogenated alkanes) is 1. The Morgan fingerprint density at radius 2 is 1.83 bits per heavy atom. The van der Waals surface area contributed by atoms with E-state index in [1.54, 1.807) is 37.3 Å². The molecule has 156 valence electrons. The summed E-state index contributed by atoms with van der Waals surface area (Å²) < 4.78 is 13.2. The summed E-state index contributed by atoms with van der Waals surface area (Å²) >= 11 is 12.2. The number of nitrogens with zero attached hydrogens (tertiary/aromatic N) is 1. The molecular formula is C22H25Cl2FN2O2. The van der Waals surface area contributed by atoms with Gasteiger partial charge in [0.05, 0.1) is 6.42 Å². The monoisotopic (exact) mass is 438 g/mol. The van der Waals surface area contributed by atoms with Crippen LogP contribution in [0.25, 0.3) is 0 Å². The Bertz CT molecular complexity index is 843. The zero-order valence-corrected chi connectivity index (χ0v) is 18.1. The van der Waals surface area contributed by atoms with Crippen LogP contribution in [0.1, 0.15) is 37.8 Å². The molecule has 2 aromatic rings. The minimum atomic E-state index is -0.688. The number of halogens is 3. The highest BCUT2D eigenvalue weighted by Gasteiger charge is 2.26. The SMILES string of the molecule is CCCCNC(=O)[C@H](C)N(Cc1ccc(Cl)cc1Cl)C(=O)Cc1ccc(F)cc1. The predicted octanol–water partition coefficient (Wildman–Crippen LogP) is 5.01. The standard InChI is InChI=1S/C22H25Cl2FN2O2/c1-3-4-11-26-22(29)15(2)27(14-17-7-8-18(23)13-20(17)24)21(28)12-16-5-9-19(25)10-6-16/h5-10,13,15H,3-4,11-12,14H2,1-2H3,(H,26,29)/t15-/m0/s1. The molecule has 4 nitrogen and oxygen atoms in total. The third-order valence-electron chi connectivity index (χ3n) is 4.62. The van der Waals surface area contributed by atoms with Crippen LogP contribution in [0.2, 0.25) is 10.0 Å². The van der Waals surface area contributed by atoms with E-state index >= 15 is 0 Å². The fraction of sp³-hybridized carbons (Fsp3) is 0.364. The van der Waals surface area contributed by atoms with E-state index in [1.165, 1.54) is 17.0 Å². The normalized spacial score (nSPS) is 11.8. The average molecular weight is 439 g/mol. The highest BCUT2D eigenvalue weighted by atomic mass is 35.5. The molecule has 2 rings (SSSR count). The van der Waals surface area contributed by atoms with Crippen LogP contribution in [0.15, 0.2) is 42.5 Å². The zero-order valence-electron chi connectivity index (χ0n) is 16.6. The summed E-state index contributed by atoms with van der Waals surface area (Å²) in [5.74, 6) is -0.841. The van der Waals surface area contributed by atoms with Crippen molar-refractivity contribution in [1.82, 2.24) is 10.2 Å². The molecule has 0 aliphatic rings. The van der Waals surface area contributed by atoms with Crippen LogP contribution in [-0.2, 0) is 22.6 Å². The van der Waals surface area contributed by atoms with E-state index in [9.17, 15) is 14.0 Å². The Hall–Kier alpha value is -2.11. The maximum Gasteiger partial charge on any atom is 0.242 e. The van der Waals surface area contributed by atoms with Crippen molar-refractivity contribution in [3.8, 4) is 0 Å². The number of hydrogen-bond acceptors (Lipinski definition) is 2. The van der Waals surface area contributed by atoms with Gasteiger partial charge in [0.1, 0.15) is 11.9 Å². The van der Waals surface area contributed by atoms with Gasteiger partial charge in [-0.2, -0.15) is 0 Å². The molecule has 0 spiro atoms. The van der Waals surface area contributed by atoms with E-state index in [0.29, 0.717) is 27.7 Å². The lowest BCUT2D eigenvalue weighted by molar-refractivity contribution is -0.140. The van der Waals surface area contributed by atoms with E-state index in [4.69, 9.17) is 23.2 Å². The molecule has 0 bridgehead atoms. The Kier molecular flexibility index (Phi) is 8.93. The van der Waals surface area contributed by atoms with Crippen molar-refractivity contribution in [2.75, 3.05) is 6.54 Å². The molecule has 2 aromatic carbocycles. The summed E-state index contributed by atoms with van der Waals surface area (Å²) in [4.78, 5) is 27.1. The highest BCUT2D eigenvalue weighted by molar-refractivity contribution is 6.35. The topological polar surface area (TPSA) is 49.4 Å². The predicted molar refractivity (Wildman–Crippen MR) is 114 cm³/mol. The maximum atomic E-state index is 13.2. The second kappa shape index (κ2) is 11.2. The van der Waals surface area contributed by atoms with Gasteiger partial charge in [0.25, 0.3) is 0 Å². The molecule has 29 heavy (non-hydrogen) atoms. The van der Waals surface area contributed by atoms with Crippen molar-refractivity contribution in [3.05, 3.63) is 69.5 Å². The van der Waals surface area contributed by atoms with E-state index in [0.717, 1.165) is 12.8 Å². The van der Waals surface area contributed by atoms with Gasteiger partial charge in [-0.15, -0.1) is 0 Å². The molecule has 0 aliphatic heterocycles. The number of carbonyl (C=O) groups is 2. The first-order valence-corrected chi connectivity index (χ1v) is 10.3. The van der Waals surface area contributed by atoms with Crippen molar-refractivity contribution in [2.45, 2.75) is 45.7 Å². The minimum absolute atomic E-state index is 0.0536. The second-order valence-electron chi connectivity index (χ2n) is 6.88. The molecule has 7 heteroatoms. The first-order chi connectivity index (χ1) is 13.8. The quantitative estimate of drug-likeness (QED) is 0.559. The fourth-order valence-corrected chi connectivity index (χ4v) is 3.30. The van der Waals surface area contributed by atoms with Crippen LogP contribution in [-0.4, -0.2) is 29.3 Å².